The maximum atomic E-state index is 11.9. The van der Waals surface area contributed by atoms with Crippen molar-refractivity contribution in [3.63, 3.8) is 0 Å². The van der Waals surface area contributed by atoms with Gasteiger partial charge in [0.1, 0.15) is 11.0 Å². The fraction of sp³-hybridized carbons (Fsp3) is 0.364. The van der Waals surface area contributed by atoms with E-state index < -0.39 is 14.3 Å². The molecule has 0 aromatic heterocycles. The number of halogens is 2. The van der Waals surface area contributed by atoms with E-state index in [0.29, 0.717) is 11.4 Å². The second-order valence-corrected chi connectivity index (χ2v) is 8.19. The molecule has 1 heterocycles. The minimum absolute atomic E-state index is 0.0772. The van der Waals surface area contributed by atoms with E-state index in [-0.39, 0.29) is 18.9 Å². The number of hydrogen-bond acceptors (Lipinski definition) is 4. The summed E-state index contributed by atoms with van der Waals surface area (Å²) in [4.78, 5) is 13.4. The summed E-state index contributed by atoms with van der Waals surface area (Å²) in [7, 11) is 3.13. The average Bonchev–Trinajstić information content (AvgIpc) is 2.72. The number of methoxy groups -OCH3 is 1. The number of rotatable bonds is 3. The Morgan fingerprint density at radius 2 is 2.16 bits per heavy atom. The van der Waals surface area contributed by atoms with Crippen molar-refractivity contribution in [2.24, 2.45) is 0 Å². The van der Waals surface area contributed by atoms with Gasteiger partial charge in [0.2, 0.25) is 15.0 Å². The SMILES string of the molecule is COc1ccc(I)c(N2CC(S(=O)(=O)Cl)CC2=O)c1. The van der Waals surface area contributed by atoms with Crippen LogP contribution in [0.3, 0.4) is 0 Å². The molecule has 1 unspecified atom stereocenters. The third kappa shape index (κ3) is 3.14. The number of anilines is 1. The molecule has 0 N–H and O–H groups in total. The molecule has 0 radical (unpaired) electrons. The van der Waals surface area contributed by atoms with Crippen molar-refractivity contribution in [3.05, 3.63) is 21.8 Å². The molecule has 0 aliphatic carbocycles. The second-order valence-electron chi connectivity index (χ2n) is 4.12. The molecule has 5 nitrogen and oxygen atoms in total. The average molecular weight is 416 g/mol. The number of nitrogens with zero attached hydrogens (tertiary/aromatic N) is 1. The molecule has 1 fully saturated rings. The highest BCUT2D eigenvalue weighted by molar-refractivity contribution is 14.1. The first kappa shape index (κ1) is 14.9. The van der Waals surface area contributed by atoms with Crippen LogP contribution in [0.1, 0.15) is 6.42 Å². The first-order chi connectivity index (χ1) is 8.82. The fourth-order valence-electron chi connectivity index (χ4n) is 1.92. The third-order valence-corrected chi connectivity index (χ3v) is 5.71. The summed E-state index contributed by atoms with van der Waals surface area (Å²) >= 11 is 2.09. The van der Waals surface area contributed by atoms with Crippen LogP contribution in [0.5, 0.6) is 5.75 Å². The summed E-state index contributed by atoms with van der Waals surface area (Å²) < 4.78 is 28.6. The van der Waals surface area contributed by atoms with Crippen molar-refractivity contribution in [2.45, 2.75) is 11.7 Å². The minimum atomic E-state index is -3.73. The number of amides is 1. The van der Waals surface area contributed by atoms with Crippen LogP contribution in [0.4, 0.5) is 5.69 Å². The number of benzene rings is 1. The van der Waals surface area contributed by atoms with E-state index in [1.807, 2.05) is 6.07 Å². The third-order valence-electron chi connectivity index (χ3n) is 2.93. The molecule has 1 atom stereocenters. The summed E-state index contributed by atoms with van der Waals surface area (Å²) in [5, 5.41) is -0.858. The maximum absolute atomic E-state index is 11.9. The van der Waals surface area contributed by atoms with E-state index in [4.69, 9.17) is 15.4 Å². The number of ether oxygens (including phenoxy) is 1. The van der Waals surface area contributed by atoms with Gasteiger partial charge in [0, 0.05) is 33.3 Å². The summed E-state index contributed by atoms with van der Waals surface area (Å²) in [6.07, 6.45) is -0.0842. The van der Waals surface area contributed by atoms with E-state index in [0.717, 1.165) is 3.57 Å². The highest BCUT2D eigenvalue weighted by Gasteiger charge is 2.38. The number of carbonyl (C=O) groups is 1. The summed E-state index contributed by atoms with van der Waals surface area (Å²) in [5.41, 5.74) is 0.646. The smallest absolute Gasteiger partial charge is 0.237 e. The van der Waals surface area contributed by atoms with Crippen LogP contribution in [0.25, 0.3) is 0 Å². The zero-order chi connectivity index (χ0) is 14.2. The topological polar surface area (TPSA) is 63.7 Å². The Morgan fingerprint density at radius 1 is 1.47 bits per heavy atom. The van der Waals surface area contributed by atoms with Crippen LogP contribution in [0.15, 0.2) is 18.2 Å². The molecule has 1 aliphatic heterocycles. The van der Waals surface area contributed by atoms with E-state index in [1.54, 1.807) is 12.1 Å². The molecule has 1 aliphatic rings. The largest absolute Gasteiger partial charge is 0.497 e. The van der Waals surface area contributed by atoms with Crippen molar-refractivity contribution in [3.8, 4) is 5.75 Å². The van der Waals surface area contributed by atoms with Gasteiger partial charge in [-0.2, -0.15) is 0 Å². The van der Waals surface area contributed by atoms with Crippen molar-refractivity contribution in [1.29, 1.82) is 0 Å². The van der Waals surface area contributed by atoms with E-state index in [9.17, 15) is 13.2 Å². The molecular formula is C11H11ClINO4S. The molecule has 0 saturated carbocycles. The highest BCUT2D eigenvalue weighted by Crippen LogP contribution is 2.32. The molecule has 19 heavy (non-hydrogen) atoms. The van der Waals surface area contributed by atoms with Crippen LogP contribution >= 0.6 is 33.3 Å². The summed E-state index contributed by atoms with van der Waals surface area (Å²) in [5.74, 6) is 0.362. The molecule has 2 rings (SSSR count). The molecular weight excluding hydrogens is 405 g/mol. The quantitative estimate of drug-likeness (QED) is 0.559. The van der Waals surface area contributed by atoms with Crippen LogP contribution in [0.2, 0.25) is 0 Å². The van der Waals surface area contributed by atoms with Crippen LogP contribution in [0, 0.1) is 3.57 Å². The van der Waals surface area contributed by atoms with E-state index in [2.05, 4.69) is 22.6 Å². The Morgan fingerprint density at radius 3 is 2.68 bits per heavy atom. The zero-order valence-electron chi connectivity index (χ0n) is 9.97. The molecule has 0 bridgehead atoms. The van der Waals surface area contributed by atoms with Gasteiger partial charge in [-0.3, -0.25) is 4.79 Å². The van der Waals surface area contributed by atoms with Gasteiger partial charge in [0.25, 0.3) is 0 Å². The molecule has 104 valence electrons. The fourth-order valence-corrected chi connectivity index (χ4v) is 3.58. The Bertz CT molecular complexity index is 619. The van der Waals surface area contributed by atoms with E-state index >= 15 is 0 Å². The summed E-state index contributed by atoms with van der Waals surface area (Å²) in [6.45, 7) is 0.0772. The molecule has 0 spiro atoms. The van der Waals surface area contributed by atoms with Gasteiger partial charge in [-0.05, 0) is 34.7 Å². The maximum Gasteiger partial charge on any atom is 0.237 e. The predicted molar refractivity (Wildman–Crippen MR) is 81.2 cm³/mol. The van der Waals surface area contributed by atoms with Gasteiger partial charge in [0.05, 0.1) is 12.8 Å². The Labute approximate surface area is 129 Å². The molecule has 1 aromatic carbocycles. The van der Waals surface area contributed by atoms with Crippen molar-refractivity contribution in [2.75, 3.05) is 18.6 Å². The molecule has 1 aromatic rings. The standard InChI is InChI=1S/C11H11ClINO4S/c1-18-7-2-3-9(13)10(4-7)14-6-8(5-11(14)15)19(12,16)17/h2-4,8H,5-6H2,1H3. The van der Waals surface area contributed by atoms with Gasteiger partial charge in [-0.1, -0.05) is 0 Å². The van der Waals surface area contributed by atoms with Crippen molar-refractivity contribution < 1.29 is 17.9 Å². The van der Waals surface area contributed by atoms with Crippen LogP contribution in [-0.2, 0) is 13.8 Å². The Kier molecular flexibility index (Phi) is 4.26. The number of hydrogen-bond donors (Lipinski definition) is 0. The first-order valence-electron chi connectivity index (χ1n) is 5.40. The van der Waals surface area contributed by atoms with Crippen molar-refractivity contribution in [1.82, 2.24) is 0 Å². The van der Waals surface area contributed by atoms with Gasteiger partial charge in [-0.15, -0.1) is 0 Å². The number of carbonyl (C=O) groups excluding carboxylic acids is 1. The second kappa shape index (κ2) is 5.45. The first-order valence-corrected chi connectivity index (χ1v) is 8.85. The predicted octanol–water partition coefficient (Wildman–Crippen LogP) is 1.97. The van der Waals surface area contributed by atoms with Gasteiger partial charge in [-0.25, -0.2) is 8.42 Å². The lowest BCUT2D eigenvalue weighted by molar-refractivity contribution is -0.117. The highest BCUT2D eigenvalue weighted by atomic mass is 127. The minimum Gasteiger partial charge on any atom is -0.497 e. The lowest BCUT2D eigenvalue weighted by atomic mass is 10.3. The lowest BCUT2D eigenvalue weighted by Gasteiger charge is -2.18. The zero-order valence-corrected chi connectivity index (χ0v) is 13.7. The van der Waals surface area contributed by atoms with Crippen LogP contribution in [-0.4, -0.2) is 33.2 Å². The Hall–Kier alpha value is -0.540. The Balaban J connectivity index is 2.35. The monoisotopic (exact) mass is 415 g/mol. The van der Waals surface area contributed by atoms with Crippen LogP contribution < -0.4 is 9.64 Å². The molecule has 1 amide bonds. The molecule has 1 saturated heterocycles. The summed E-state index contributed by atoms with van der Waals surface area (Å²) in [6, 6.07) is 5.30. The van der Waals surface area contributed by atoms with Crippen molar-refractivity contribution >= 4 is 53.9 Å². The van der Waals surface area contributed by atoms with Gasteiger partial charge in [0.15, 0.2) is 0 Å². The van der Waals surface area contributed by atoms with Gasteiger partial charge < -0.3 is 9.64 Å². The normalized spacial score (nSPS) is 19.8. The van der Waals surface area contributed by atoms with E-state index in [1.165, 1.54) is 12.0 Å². The van der Waals surface area contributed by atoms with Gasteiger partial charge >= 0.3 is 0 Å². The molecule has 8 heteroatoms. The lowest BCUT2D eigenvalue weighted by Crippen LogP contribution is -2.27.